The first-order valence-electron chi connectivity index (χ1n) is 5.67. The van der Waals surface area contributed by atoms with Crippen molar-refractivity contribution >= 4 is 17.4 Å². The van der Waals surface area contributed by atoms with Crippen molar-refractivity contribution in [3.8, 4) is 5.75 Å². The molecule has 3 heteroatoms. The Morgan fingerprint density at radius 2 is 2.12 bits per heavy atom. The van der Waals surface area contributed by atoms with Crippen LogP contribution < -0.4 is 4.74 Å². The van der Waals surface area contributed by atoms with E-state index in [9.17, 15) is 4.79 Å². The summed E-state index contributed by atoms with van der Waals surface area (Å²) in [6.45, 7) is 0.172. The Morgan fingerprint density at radius 1 is 1.38 bits per heavy atom. The molecule has 0 saturated heterocycles. The number of carbonyl (C=O) groups excluding carboxylic acids is 1. The number of rotatable bonds is 4. The van der Waals surface area contributed by atoms with Crippen LogP contribution in [0.1, 0.15) is 25.7 Å². The predicted octanol–water partition coefficient (Wildman–Crippen LogP) is 3.48. The van der Waals surface area contributed by atoms with E-state index in [1.807, 2.05) is 12.1 Å². The van der Waals surface area contributed by atoms with Crippen LogP contribution in [0.4, 0.5) is 0 Å². The highest BCUT2D eigenvalue weighted by Gasteiger charge is 2.22. The number of hydrogen-bond acceptors (Lipinski definition) is 2. The number of halogens is 1. The summed E-state index contributed by atoms with van der Waals surface area (Å²) in [5.41, 5.74) is 0. The van der Waals surface area contributed by atoms with Crippen molar-refractivity contribution in [2.24, 2.45) is 5.92 Å². The second-order valence-corrected chi connectivity index (χ2v) is 4.63. The third-order valence-corrected chi connectivity index (χ3v) is 3.22. The van der Waals surface area contributed by atoms with Crippen LogP contribution >= 0.6 is 11.6 Å². The van der Waals surface area contributed by atoms with E-state index in [0.29, 0.717) is 10.8 Å². The molecule has 0 radical (unpaired) electrons. The molecule has 1 saturated carbocycles. The lowest BCUT2D eigenvalue weighted by Gasteiger charge is -2.09. The molecule has 0 spiro atoms. The quantitative estimate of drug-likeness (QED) is 0.803. The van der Waals surface area contributed by atoms with Crippen molar-refractivity contribution in [3.05, 3.63) is 29.3 Å². The van der Waals surface area contributed by atoms with Crippen LogP contribution in [0.2, 0.25) is 5.02 Å². The van der Waals surface area contributed by atoms with Crippen molar-refractivity contribution in [2.75, 3.05) is 6.61 Å². The van der Waals surface area contributed by atoms with E-state index in [-0.39, 0.29) is 18.3 Å². The molecule has 2 nitrogen and oxygen atoms in total. The molecule has 0 aromatic heterocycles. The fraction of sp³-hybridized carbons (Fsp3) is 0.462. The maximum absolute atomic E-state index is 11.7. The number of Topliss-reactive ketones (excluding diaryl/α,β-unsaturated/α-hetero) is 1. The molecule has 86 valence electrons. The minimum atomic E-state index is 0.172. The molecule has 2 rings (SSSR count). The second kappa shape index (κ2) is 5.35. The van der Waals surface area contributed by atoms with Crippen LogP contribution in [0.3, 0.4) is 0 Å². The lowest BCUT2D eigenvalue weighted by Crippen LogP contribution is -2.19. The summed E-state index contributed by atoms with van der Waals surface area (Å²) >= 11 is 5.82. The maximum Gasteiger partial charge on any atom is 0.173 e. The van der Waals surface area contributed by atoms with E-state index < -0.39 is 0 Å². The molecule has 0 heterocycles. The molecule has 0 N–H and O–H groups in total. The molecule has 0 aliphatic heterocycles. The Balaban J connectivity index is 1.84. The van der Waals surface area contributed by atoms with E-state index >= 15 is 0 Å². The lowest BCUT2D eigenvalue weighted by atomic mass is 10.0. The first kappa shape index (κ1) is 11.5. The molecule has 0 unspecified atom stereocenters. The molecular formula is C13H15ClO2. The molecule has 1 aliphatic carbocycles. The molecular weight excluding hydrogens is 224 g/mol. The SMILES string of the molecule is O=C(COc1cccc(Cl)c1)C1CCCC1. The van der Waals surface area contributed by atoms with Crippen molar-refractivity contribution in [1.82, 2.24) is 0 Å². The van der Waals surface area contributed by atoms with Crippen LogP contribution in [0.25, 0.3) is 0 Å². The zero-order chi connectivity index (χ0) is 11.4. The first-order chi connectivity index (χ1) is 7.75. The normalized spacial score (nSPS) is 16.3. The lowest BCUT2D eigenvalue weighted by molar-refractivity contribution is -0.124. The highest BCUT2D eigenvalue weighted by atomic mass is 35.5. The second-order valence-electron chi connectivity index (χ2n) is 4.19. The van der Waals surface area contributed by atoms with Crippen LogP contribution in [0.5, 0.6) is 5.75 Å². The van der Waals surface area contributed by atoms with Gasteiger partial charge in [-0.2, -0.15) is 0 Å². The zero-order valence-electron chi connectivity index (χ0n) is 9.12. The van der Waals surface area contributed by atoms with Gasteiger partial charge in [-0.1, -0.05) is 30.5 Å². The minimum absolute atomic E-state index is 0.172. The Labute approximate surface area is 101 Å². The van der Waals surface area contributed by atoms with Gasteiger partial charge in [-0.3, -0.25) is 4.79 Å². The van der Waals surface area contributed by atoms with Crippen LogP contribution in [0, 0.1) is 5.92 Å². The van der Waals surface area contributed by atoms with Gasteiger partial charge in [0.2, 0.25) is 0 Å². The molecule has 0 bridgehead atoms. The van der Waals surface area contributed by atoms with Crippen LogP contribution in [-0.4, -0.2) is 12.4 Å². The Kier molecular flexibility index (Phi) is 3.83. The highest BCUT2D eigenvalue weighted by molar-refractivity contribution is 6.30. The van der Waals surface area contributed by atoms with Gasteiger partial charge >= 0.3 is 0 Å². The van der Waals surface area contributed by atoms with Crippen molar-refractivity contribution in [1.29, 1.82) is 0 Å². The summed E-state index contributed by atoms with van der Waals surface area (Å²) in [5.74, 6) is 1.11. The topological polar surface area (TPSA) is 26.3 Å². The number of hydrogen-bond donors (Lipinski definition) is 0. The number of ketones is 1. The number of ether oxygens (including phenoxy) is 1. The molecule has 1 fully saturated rings. The van der Waals surface area contributed by atoms with Gasteiger partial charge in [0, 0.05) is 10.9 Å². The van der Waals surface area contributed by atoms with Gasteiger partial charge in [-0.25, -0.2) is 0 Å². The average molecular weight is 239 g/mol. The monoisotopic (exact) mass is 238 g/mol. The van der Waals surface area contributed by atoms with Crippen molar-refractivity contribution in [2.45, 2.75) is 25.7 Å². The van der Waals surface area contributed by atoms with Gasteiger partial charge in [0.25, 0.3) is 0 Å². The summed E-state index contributed by atoms with van der Waals surface area (Å²) in [4.78, 5) is 11.7. The average Bonchev–Trinajstić information content (AvgIpc) is 2.79. The molecule has 0 amide bonds. The van der Waals surface area contributed by atoms with E-state index in [1.165, 1.54) is 12.8 Å². The third-order valence-electron chi connectivity index (χ3n) is 2.99. The van der Waals surface area contributed by atoms with E-state index in [2.05, 4.69) is 0 Å². The minimum Gasteiger partial charge on any atom is -0.486 e. The number of carbonyl (C=O) groups is 1. The maximum atomic E-state index is 11.7. The number of benzene rings is 1. The molecule has 1 aromatic rings. The first-order valence-corrected chi connectivity index (χ1v) is 6.04. The van der Waals surface area contributed by atoms with Crippen molar-refractivity contribution in [3.63, 3.8) is 0 Å². The Hall–Kier alpha value is -1.02. The summed E-state index contributed by atoms with van der Waals surface area (Å²) in [5, 5.41) is 0.630. The predicted molar refractivity (Wildman–Crippen MR) is 63.9 cm³/mol. The van der Waals surface area contributed by atoms with E-state index in [1.54, 1.807) is 12.1 Å². The third kappa shape index (κ3) is 2.99. The molecule has 0 atom stereocenters. The van der Waals surface area contributed by atoms with Gasteiger partial charge in [-0.05, 0) is 31.0 Å². The van der Waals surface area contributed by atoms with Gasteiger partial charge in [0.1, 0.15) is 12.4 Å². The largest absolute Gasteiger partial charge is 0.486 e. The fourth-order valence-corrected chi connectivity index (χ4v) is 2.26. The van der Waals surface area contributed by atoms with Gasteiger partial charge in [0.05, 0.1) is 0 Å². The van der Waals surface area contributed by atoms with E-state index in [0.717, 1.165) is 12.8 Å². The summed E-state index contributed by atoms with van der Waals surface area (Å²) < 4.78 is 5.43. The summed E-state index contributed by atoms with van der Waals surface area (Å²) in [6.07, 6.45) is 4.40. The van der Waals surface area contributed by atoms with Crippen molar-refractivity contribution < 1.29 is 9.53 Å². The van der Waals surface area contributed by atoms with Gasteiger partial charge in [0.15, 0.2) is 5.78 Å². The summed E-state index contributed by atoms with van der Waals surface area (Å²) in [6, 6.07) is 7.14. The van der Waals surface area contributed by atoms with Crippen LogP contribution in [0.15, 0.2) is 24.3 Å². The van der Waals surface area contributed by atoms with E-state index in [4.69, 9.17) is 16.3 Å². The highest BCUT2D eigenvalue weighted by Crippen LogP contribution is 2.26. The Morgan fingerprint density at radius 3 is 2.81 bits per heavy atom. The molecule has 1 aromatic carbocycles. The summed E-state index contributed by atoms with van der Waals surface area (Å²) in [7, 11) is 0. The zero-order valence-corrected chi connectivity index (χ0v) is 9.87. The Bertz CT molecular complexity index is 370. The smallest absolute Gasteiger partial charge is 0.173 e. The fourth-order valence-electron chi connectivity index (χ4n) is 2.08. The molecule has 16 heavy (non-hydrogen) atoms. The van der Waals surface area contributed by atoms with Gasteiger partial charge in [-0.15, -0.1) is 0 Å². The van der Waals surface area contributed by atoms with Gasteiger partial charge < -0.3 is 4.74 Å². The van der Waals surface area contributed by atoms with Crippen LogP contribution in [-0.2, 0) is 4.79 Å². The standard InChI is InChI=1S/C13H15ClO2/c14-11-6-3-7-12(8-11)16-9-13(15)10-4-1-2-5-10/h3,6-8,10H,1-2,4-5,9H2. The molecule has 1 aliphatic rings.